The van der Waals surface area contributed by atoms with Gasteiger partial charge in [0.1, 0.15) is 5.82 Å². The molecular weight excluding hydrogens is 327 g/mol. The van der Waals surface area contributed by atoms with Crippen LogP contribution in [-0.2, 0) is 4.74 Å². The fourth-order valence-electron chi connectivity index (χ4n) is 3.08. The molecule has 1 aromatic carbocycles. The molecule has 1 atom stereocenters. The molecule has 2 fully saturated rings. The summed E-state index contributed by atoms with van der Waals surface area (Å²) >= 11 is 1.95. The van der Waals surface area contributed by atoms with Crippen LogP contribution in [0.3, 0.4) is 0 Å². The standard InChI is InChI=1S/C17H25FN4OS/c18-15-3-1-14(2-4-15)16(21-5-9-23-10-6-21)13-20-17(19)22-7-11-24-12-8-22/h1-4,16H,5-13H2,(H2,19,20). The molecule has 1 aromatic rings. The van der Waals surface area contributed by atoms with Crippen LogP contribution in [0.4, 0.5) is 4.39 Å². The summed E-state index contributed by atoms with van der Waals surface area (Å²) in [4.78, 5) is 9.15. The van der Waals surface area contributed by atoms with E-state index in [0.717, 1.165) is 56.5 Å². The summed E-state index contributed by atoms with van der Waals surface area (Å²) in [6.07, 6.45) is 0. The zero-order valence-electron chi connectivity index (χ0n) is 13.9. The van der Waals surface area contributed by atoms with Crippen LogP contribution in [0, 0.1) is 5.82 Å². The van der Waals surface area contributed by atoms with Crippen molar-refractivity contribution in [2.45, 2.75) is 6.04 Å². The number of hydrogen-bond acceptors (Lipinski definition) is 4. The molecule has 0 saturated carbocycles. The lowest BCUT2D eigenvalue weighted by atomic mass is 10.0. The van der Waals surface area contributed by atoms with Gasteiger partial charge in [-0.15, -0.1) is 0 Å². The molecular formula is C17H25FN4OS. The molecule has 0 bridgehead atoms. The van der Waals surface area contributed by atoms with Crippen LogP contribution >= 0.6 is 11.8 Å². The minimum Gasteiger partial charge on any atom is -0.379 e. The van der Waals surface area contributed by atoms with E-state index in [9.17, 15) is 4.39 Å². The highest BCUT2D eigenvalue weighted by Crippen LogP contribution is 2.23. The number of ether oxygens (including phenoxy) is 1. The lowest BCUT2D eigenvalue weighted by Crippen LogP contribution is -2.44. The van der Waals surface area contributed by atoms with Gasteiger partial charge in [0.2, 0.25) is 0 Å². The number of rotatable bonds is 4. The number of hydrogen-bond donors (Lipinski definition) is 1. The Balaban J connectivity index is 1.72. The molecule has 5 nitrogen and oxygen atoms in total. The Morgan fingerprint density at radius 2 is 1.83 bits per heavy atom. The maximum atomic E-state index is 13.3. The Bertz CT molecular complexity index is 542. The molecule has 0 spiro atoms. The van der Waals surface area contributed by atoms with Crippen LogP contribution in [0.1, 0.15) is 11.6 Å². The van der Waals surface area contributed by atoms with Gasteiger partial charge in [0.05, 0.1) is 25.8 Å². The number of thioether (sulfide) groups is 1. The molecule has 2 aliphatic rings. The van der Waals surface area contributed by atoms with E-state index in [1.807, 2.05) is 23.9 Å². The quantitative estimate of drug-likeness (QED) is 0.658. The highest BCUT2D eigenvalue weighted by Gasteiger charge is 2.23. The normalized spacial score (nSPS) is 21.7. The maximum Gasteiger partial charge on any atom is 0.191 e. The Labute approximate surface area is 147 Å². The molecule has 2 saturated heterocycles. The first-order chi connectivity index (χ1) is 11.7. The number of halogens is 1. The highest BCUT2D eigenvalue weighted by atomic mass is 32.2. The second-order valence-corrected chi connectivity index (χ2v) is 7.24. The van der Waals surface area contributed by atoms with E-state index >= 15 is 0 Å². The first kappa shape index (κ1) is 17.5. The van der Waals surface area contributed by atoms with Crippen LogP contribution in [0.5, 0.6) is 0 Å². The lowest BCUT2D eigenvalue weighted by molar-refractivity contribution is 0.0179. The van der Waals surface area contributed by atoms with Gasteiger partial charge in [0.25, 0.3) is 0 Å². The van der Waals surface area contributed by atoms with Crippen molar-refractivity contribution in [1.82, 2.24) is 9.80 Å². The molecule has 0 radical (unpaired) electrons. The van der Waals surface area contributed by atoms with Crippen molar-refractivity contribution >= 4 is 17.7 Å². The van der Waals surface area contributed by atoms with E-state index in [1.54, 1.807) is 0 Å². The summed E-state index contributed by atoms with van der Waals surface area (Å²) in [5.74, 6) is 2.60. The zero-order valence-corrected chi connectivity index (χ0v) is 14.7. The number of morpholine rings is 1. The van der Waals surface area contributed by atoms with Gasteiger partial charge in [-0.25, -0.2) is 4.39 Å². The number of aliphatic imine (C=N–C) groups is 1. The van der Waals surface area contributed by atoms with Gasteiger partial charge in [-0.1, -0.05) is 12.1 Å². The largest absolute Gasteiger partial charge is 0.379 e. The molecule has 1 unspecified atom stereocenters. The van der Waals surface area contributed by atoms with Crippen LogP contribution in [0.25, 0.3) is 0 Å². The molecule has 2 aliphatic heterocycles. The fraction of sp³-hybridized carbons (Fsp3) is 0.588. The molecule has 132 valence electrons. The minimum absolute atomic E-state index is 0.104. The van der Waals surface area contributed by atoms with Crippen molar-refractivity contribution in [3.63, 3.8) is 0 Å². The van der Waals surface area contributed by atoms with Gasteiger partial charge in [-0.05, 0) is 17.7 Å². The zero-order chi connectivity index (χ0) is 16.8. The molecule has 2 N–H and O–H groups in total. The number of guanidine groups is 1. The van der Waals surface area contributed by atoms with Gasteiger partial charge in [0.15, 0.2) is 5.96 Å². The number of benzene rings is 1. The summed E-state index contributed by atoms with van der Waals surface area (Å²) < 4.78 is 18.7. The summed E-state index contributed by atoms with van der Waals surface area (Å²) in [7, 11) is 0. The summed E-state index contributed by atoms with van der Waals surface area (Å²) in [5, 5.41) is 0. The van der Waals surface area contributed by atoms with E-state index in [-0.39, 0.29) is 11.9 Å². The van der Waals surface area contributed by atoms with E-state index in [2.05, 4.69) is 14.8 Å². The van der Waals surface area contributed by atoms with Gasteiger partial charge < -0.3 is 15.4 Å². The third kappa shape index (κ3) is 4.62. The smallest absolute Gasteiger partial charge is 0.191 e. The van der Waals surface area contributed by atoms with Gasteiger partial charge in [-0.2, -0.15) is 11.8 Å². The van der Waals surface area contributed by atoms with Crippen molar-refractivity contribution in [3.8, 4) is 0 Å². The van der Waals surface area contributed by atoms with Crippen molar-refractivity contribution in [2.24, 2.45) is 10.7 Å². The van der Waals surface area contributed by atoms with E-state index in [4.69, 9.17) is 10.5 Å². The lowest BCUT2D eigenvalue weighted by Gasteiger charge is -2.34. The van der Waals surface area contributed by atoms with Crippen LogP contribution in [0.15, 0.2) is 29.3 Å². The number of nitrogens with two attached hydrogens (primary N) is 1. The SMILES string of the molecule is NC(=NCC(c1ccc(F)cc1)N1CCOCC1)N1CCSCC1. The maximum absolute atomic E-state index is 13.3. The molecule has 0 aromatic heterocycles. The highest BCUT2D eigenvalue weighted by molar-refractivity contribution is 7.99. The second kappa shape index (κ2) is 8.69. The molecule has 24 heavy (non-hydrogen) atoms. The van der Waals surface area contributed by atoms with Gasteiger partial charge in [-0.3, -0.25) is 9.89 Å². The molecule has 0 aliphatic carbocycles. The summed E-state index contributed by atoms with van der Waals surface area (Å²) in [5.41, 5.74) is 7.27. The predicted molar refractivity (Wildman–Crippen MR) is 96.9 cm³/mol. The van der Waals surface area contributed by atoms with Crippen molar-refractivity contribution in [1.29, 1.82) is 0 Å². The average Bonchev–Trinajstić information content (AvgIpc) is 2.65. The summed E-state index contributed by atoms with van der Waals surface area (Å²) in [6.45, 7) is 5.66. The Kier molecular flexibility index (Phi) is 6.34. The molecule has 7 heteroatoms. The van der Waals surface area contributed by atoms with Crippen molar-refractivity contribution in [2.75, 3.05) is 57.4 Å². The number of nitrogens with zero attached hydrogens (tertiary/aromatic N) is 3. The third-order valence-electron chi connectivity index (χ3n) is 4.50. The van der Waals surface area contributed by atoms with Gasteiger partial charge >= 0.3 is 0 Å². The molecule has 0 amide bonds. The van der Waals surface area contributed by atoms with Crippen molar-refractivity contribution < 1.29 is 9.13 Å². The van der Waals surface area contributed by atoms with E-state index in [0.29, 0.717) is 12.5 Å². The topological polar surface area (TPSA) is 54.1 Å². The Morgan fingerprint density at radius 1 is 1.17 bits per heavy atom. The minimum atomic E-state index is -0.215. The van der Waals surface area contributed by atoms with Gasteiger partial charge in [0, 0.05) is 37.7 Å². The second-order valence-electron chi connectivity index (χ2n) is 6.01. The molecule has 3 rings (SSSR count). The Morgan fingerprint density at radius 3 is 2.50 bits per heavy atom. The first-order valence-electron chi connectivity index (χ1n) is 8.44. The van der Waals surface area contributed by atoms with E-state index < -0.39 is 0 Å². The van der Waals surface area contributed by atoms with E-state index in [1.165, 1.54) is 12.1 Å². The fourth-order valence-corrected chi connectivity index (χ4v) is 3.98. The van der Waals surface area contributed by atoms with Crippen LogP contribution in [0.2, 0.25) is 0 Å². The van der Waals surface area contributed by atoms with Crippen LogP contribution < -0.4 is 5.73 Å². The van der Waals surface area contributed by atoms with Crippen LogP contribution in [-0.4, -0.2) is 73.2 Å². The average molecular weight is 352 g/mol. The third-order valence-corrected chi connectivity index (χ3v) is 5.45. The summed E-state index contributed by atoms with van der Waals surface area (Å²) in [6, 6.07) is 6.82. The molecule has 2 heterocycles. The monoisotopic (exact) mass is 352 g/mol. The Hall–Kier alpha value is -1.31. The predicted octanol–water partition coefficient (Wildman–Crippen LogP) is 1.56. The van der Waals surface area contributed by atoms with Crippen molar-refractivity contribution in [3.05, 3.63) is 35.6 Å². The first-order valence-corrected chi connectivity index (χ1v) is 9.59.